The van der Waals surface area contributed by atoms with Crippen LogP contribution in [-0.2, 0) is 6.54 Å². The zero-order valence-corrected chi connectivity index (χ0v) is 14.2. The summed E-state index contributed by atoms with van der Waals surface area (Å²) in [5, 5.41) is 21.6. The Balaban J connectivity index is 1.59. The molecule has 1 fully saturated rings. The lowest BCUT2D eigenvalue weighted by Crippen LogP contribution is -2.25. The third kappa shape index (κ3) is 4.44. The molecule has 0 atom stereocenters. The van der Waals surface area contributed by atoms with E-state index in [-0.39, 0.29) is 17.4 Å². The van der Waals surface area contributed by atoms with Gasteiger partial charge in [0.2, 0.25) is 0 Å². The van der Waals surface area contributed by atoms with Gasteiger partial charge in [-0.15, -0.1) is 0 Å². The minimum absolute atomic E-state index is 0.157. The van der Waals surface area contributed by atoms with E-state index in [2.05, 4.69) is 10.2 Å². The maximum atomic E-state index is 12.3. The Labute approximate surface area is 147 Å². The van der Waals surface area contributed by atoms with Crippen LogP contribution >= 0.6 is 0 Å². The number of nitrogens with one attached hydrogen (secondary N) is 1. The lowest BCUT2D eigenvalue weighted by atomic mass is 10.1. The van der Waals surface area contributed by atoms with Crippen molar-refractivity contribution in [3.05, 3.63) is 53.6 Å². The molecular formula is C20H24N2O3. The molecule has 0 aromatic heterocycles. The number of hydrogen-bond donors (Lipinski definition) is 3. The average Bonchev–Trinajstić information content (AvgIpc) is 2.92. The molecule has 2 aromatic rings. The van der Waals surface area contributed by atoms with E-state index in [9.17, 15) is 15.0 Å². The Morgan fingerprint density at radius 1 is 0.920 bits per heavy atom. The molecule has 25 heavy (non-hydrogen) atoms. The summed E-state index contributed by atoms with van der Waals surface area (Å²) in [7, 11) is 0. The minimum Gasteiger partial charge on any atom is -0.504 e. The van der Waals surface area contributed by atoms with Crippen LogP contribution in [0.2, 0.25) is 0 Å². The lowest BCUT2D eigenvalue weighted by Gasteiger charge is -2.22. The molecule has 0 saturated carbocycles. The van der Waals surface area contributed by atoms with E-state index in [0.717, 1.165) is 18.7 Å². The number of phenolic OH excluding ortho intramolecular Hbond substituents is 2. The van der Waals surface area contributed by atoms with E-state index in [1.165, 1.54) is 43.5 Å². The third-order valence-corrected chi connectivity index (χ3v) is 4.59. The molecule has 5 heteroatoms. The molecule has 5 nitrogen and oxygen atoms in total. The number of phenols is 2. The summed E-state index contributed by atoms with van der Waals surface area (Å²) in [5.74, 6) is -0.511. The molecule has 3 N–H and O–H groups in total. The van der Waals surface area contributed by atoms with Crippen LogP contribution in [0, 0.1) is 0 Å². The van der Waals surface area contributed by atoms with Crippen LogP contribution in [0.3, 0.4) is 0 Å². The maximum Gasteiger partial charge on any atom is 0.251 e. The summed E-state index contributed by atoms with van der Waals surface area (Å²) in [6.07, 6.45) is 5.04. The number of nitrogens with zero attached hydrogens (tertiary/aromatic N) is 1. The standard InChI is InChI=1S/C20H24N2O3/c23-18-10-5-15(13-19(18)24)14-21-20(25)16-6-8-17(9-7-16)22-11-3-1-2-4-12-22/h5-10,13,23-24H,1-4,11-12,14H2,(H,21,25). The van der Waals surface area contributed by atoms with Crippen molar-refractivity contribution in [2.75, 3.05) is 18.0 Å². The molecular weight excluding hydrogens is 316 g/mol. The van der Waals surface area contributed by atoms with E-state index < -0.39 is 0 Å². The van der Waals surface area contributed by atoms with E-state index in [0.29, 0.717) is 12.1 Å². The highest BCUT2D eigenvalue weighted by molar-refractivity contribution is 5.94. The second-order valence-electron chi connectivity index (χ2n) is 6.45. The smallest absolute Gasteiger partial charge is 0.251 e. The number of aromatic hydroxyl groups is 2. The number of carbonyl (C=O) groups is 1. The second-order valence-corrected chi connectivity index (χ2v) is 6.45. The molecule has 0 radical (unpaired) electrons. The second kappa shape index (κ2) is 7.92. The molecule has 132 valence electrons. The van der Waals surface area contributed by atoms with Gasteiger partial charge in [0, 0.05) is 30.9 Å². The van der Waals surface area contributed by atoms with E-state index >= 15 is 0 Å². The third-order valence-electron chi connectivity index (χ3n) is 4.59. The van der Waals surface area contributed by atoms with Gasteiger partial charge in [-0.25, -0.2) is 0 Å². The van der Waals surface area contributed by atoms with Gasteiger partial charge in [-0.3, -0.25) is 4.79 Å². The van der Waals surface area contributed by atoms with Crippen molar-refractivity contribution >= 4 is 11.6 Å². The molecule has 0 unspecified atom stereocenters. The van der Waals surface area contributed by atoms with Gasteiger partial charge in [-0.1, -0.05) is 18.9 Å². The Kier molecular flexibility index (Phi) is 5.43. The first-order valence-electron chi connectivity index (χ1n) is 8.77. The SMILES string of the molecule is O=C(NCc1ccc(O)c(O)c1)c1ccc(N2CCCCCC2)cc1. The van der Waals surface area contributed by atoms with Gasteiger partial charge in [-0.2, -0.15) is 0 Å². The topological polar surface area (TPSA) is 72.8 Å². The average molecular weight is 340 g/mol. The predicted octanol–water partition coefficient (Wildman–Crippen LogP) is 3.41. The number of anilines is 1. The molecule has 2 aromatic carbocycles. The fourth-order valence-electron chi connectivity index (χ4n) is 3.12. The fraction of sp³-hybridized carbons (Fsp3) is 0.350. The van der Waals surface area contributed by atoms with Crippen LogP contribution in [0.5, 0.6) is 11.5 Å². The van der Waals surface area contributed by atoms with Gasteiger partial charge in [0.15, 0.2) is 11.5 Å². The lowest BCUT2D eigenvalue weighted by molar-refractivity contribution is 0.0951. The van der Waals surface area contributed by atoms with Crippen molar-refractivity contribution in [2.24, 2.45) is 0 Å². The monoisotopic (exact) mass is 340 g/mol. The number of hydrogen-bond acceptors (Lipinski definition) is 4. The van der Waals surface area contributed by atoms with Crippen LogP contribution in [0.1, 0.15) is 41.6 Å². The summed E-state index contributed by atoms with van der Waals surface area (Å²) in [6, 6.07) is 12.2. The summed E-state index contributed by atoms with van der Waals surface area (Å²) >= 11 is 0. The van der Waals surface area contributed by atoms with Crippen molar-refractivity contribution in [1.82, 2.24) is 5.32 Å². The summed E-state index contributed by atoms with van der Waals surface area (Å²) in [4.78, 5) is 14.7. The number of rotatable bonds is 4. The van der Waals surface area contributed by atoms with Crippen molar-refractivity contribution in [3.63, 3.8) is 0 Å². The molecule has 1 amide bonds. The largest absolute Gasteiger partial charge is 0.504 e. The Morgan fingerprint density at radius 2 is 1.60 bits per heavy atom. The van der Waals surface area contributed by atoms with E-state index in [4.69, 9.17) is 0 Å². The first kappa shape index (κ1) is 17.1. The highest BCUT2D eigenvalue weighted by Gasteiger charge is 2.11. The Bertz CT molecular complexity index is 720. The van der Waals surface area contributed by atoms with Crippen molar-refractivity contribution < 1.29 is 15.0 Å². The predicted molar refractivity (Wildman–Crippen MR) is 98.1 cm³/mol. The quantitative estimate of drug-likeness (QED) is 0.746. The molecule has 1 saturated heterocycles. The molecule has 0 spiro atoms. The molecule has 1 heterocycles. The van der Waals surface area contributed by atoms with Gasteiger partial charge in [0.1, 0.15) is 0 Å². The first-order valence-corrected chi connectivity index (χ1v) is 8.77. The summed E-state index contributed by atoms with van der Waals surface area (Å²) < 4.78 is 0. The van der Waals surface area contributed by atoms with E-state index in [1.807, 2.05) is 24.3 Å². The Hall–Kier alpha value is -2.69. The fourth-order valence-corrected chi connectivity index (χ4v) is 3.12. The van der Waals surface area contributed by atoms with Crippen LogP contribution in [-0.4, -0.2) is 29.2 Å². The number of carbonyl (C=O) groups excluding carboxylic acids is 1. The van der Waals surface area contributed by atoms with Gasteiger partial charge in [0.25, 0.3) is 5.91 Å². The van der Waals surface area contributed by atoms with Gasteiger partial charge >= 0.3 is 0 Å². The molecule has 1 aliphatic rings. The van der Waals surface area contributed by atoms with Gasteiger partial charge < -0.3 is 20.4 Å². The molecule has 0 bridgehead atoms. The van der Waals surface area contributed by atoms with Crippen LogP contribution in [0.25, 0.3) is 0 Å². The highest BCUT2D eigenvalue weighted by atomic mass is 16.3. The summed E-state index contributed by atoms with van der Waals surface area (Å²) in [5.41, 5.74) is 2.51. The van der Waals surface area contributed by atoms with Gasteiger partial charge in [0.05, 0.1) is 0 Å². The van der Waals surface area contributed by atoms with Crippen molar-refractivity contribution in [3.8, 4) is 11.5 Å². The van der Waals surface area contributed by atoms with E-state index in [1.54, 1.807) is 6.07 Å². The summed E-state index contributed by atoms with van der Waals surface area (Å²) in [6.45, 7) is 2.45. The molecule has 3 rings (SSSR count). The van der Waals surface area contributed by atoms with Crippen LogP contribution < -0.4 is 10.2 Å². The van der Waals surface area contributed by atoms with Crippen molar-refractivity contribution in [1.29, 1.82) is 0 Å². The zero-order chi connectivity index (χ0) is 17.6. The normalized spacial score (nSPS) is 14.8. The van der Waals surface area contributed by atoms with Crippen LogP contribution in [0.4, 0.5) is 5.69 Å². The molecule has 1 aliphatic heterocycles. The first-order chi connectivity index (χ1) is 12.1. The molecule has 0 aliphatic carbocycles. The van der Waals surface area contributed by atoms with Crippen molar-refractivity contribution in [2.45, 2.75) is 32.2 Å². The minimum atomic E-state index is -0.187. The zero-order valence-electron chi connectivity index (χ0n) is 14.2. The number of benzene rings is 2. The van der Waals surface area contributed by atoms with Crippen LogP contribution in [0.15, 0.2) is 42.5 Å². The highest BCUT2D eigenvalue weighted by Crippen LogP contribution is 2.25. The number of amides is 1. The Morgan fingerprint density at radius 3 is 2.24 bits per heavy atom. The maximum absolute atomic E-state index is 12.3. The van der Waals surface area contributed by atoms with Gasteiger partial charge in [-0.05, 0) is 54.8 Å².